The number of carbonyl (C=O) groups excluding carboxylic acids is 1. The number of anilines is 1. The van der Waals surface area contributed by atoms with E-state index >= 15 is 0 Å². The van der Waals surface area contributed by atoms with Gasteiger partial charge in [0.25, 0.3) is 0 Å². The summed E-state index contributed by atoms with van der Waals surface area (Å²) in [6.07, 6.45) is 2.75. The Hall–Kier alpha value is -2.50. The summed E-state index contributed by atoms with van der Waals surface area (Å²) in [5.74, 6) is -1.00. The zero-order chi connectivity index (χ0) is 13.1. The summed E-state index contributed by atoms with van der Waals surface area (Å²) in [5.41, 5.74) is 5.85. The van der Waals surface area contributed by atoms with Gasteiger partial charge in [0.2, 0.25) is 11.7 Å². The number of nitrogens with two attached hydrogens (primary N) is 1. The fourth-order valence-electron chi connectivity index (χ4n) is 1.48. The highest BCUT2D eigenvalue weighted by Gasteiger charge is 2.19. The maximum absolute atomic E-state index is 13.1. The molecule has 0 bridgehead atoms. The first-order valence-corrected chi connectivity index (χ1v) is 5.08. The molecule has 0 spiro atoms. The van der Waals surface area contributed by atoms with Crippen molar-refractivity contribution in [1.29, 1.82) is 0 Å². The molecule has 0 aliphatic carbocycles. The molecule has 2 rings (SSSR count). The second-order valence-electron chi connectivity index (χ2n) is 3.47. The Morgan fingerprint density at radius 1 is 1.33 bits per heavy atom. The van der Waals surface area contributed by atoms with Crippen LogP contribution in [0.2, 0.25) is 0 Å². The topological polar surface area (TPSA) is 78.1 Å². The second-order valence-corrected chi connectivity index (χ2v) is 3.47. The van der Waals surface area contributed by atoms with Crippen LogP contribution in [0.5, 0.6) is 5.88 Å². The Kier molecular flexibility index (Phi) is 3.18. The van der Waals surface area contributed by atoms with E-state index in [2.05, 4.69) is 9.97 Å². The summed E-state index contributed by atoms with van der Waals surface area (Å²) in [7, 11) is 1.37. The Bertz CT molecular complexity index is 602. The lowest BCUT2D eigenvalue weighted by molar-refractivity contribution is 0.103. The maximum atomic E-state index is 13.1. The zero-order valence-electron chi connectivity index (χ0n) is 9.55. The third-order valence-electron chi connectivity index (χ3n) is 2.33. The molecule has 0 aliphatic rings. The molecule has 1 heterocycles. The first-order valence-electron chi connectivity index (χ1n) is 5.08. The van der Waals surface area contributed by atoms with Crippen molar-refractivity contribution in [3.05, 3.63) is 47.7 Å². The van der Waals surface area contributed by atoms with Crippen LogP contribution in [0.4, 0.5) is 10.1 Å². The highest BCUT2D eigenvalue weighted by molar-refractivity contribution is 6.12. The van der Waals surface area contributed by atoms with Crippen molar-refractivity contribution in [1.82, 2.24) is 9.97 Å². The highest BCUT2D eigenvalue weighted by Crippen LogP contribution is 2.20. The lowest BCUT2D eigenvalue weighted by atomic mass is 10.1. The number of methoxy groups -OCH3 is 1. The van der Waals surface area contributed by atoms with Crippen LogP contribution < -0.4 is 10.5 Å². The average Bonchev–Trinajstić information content (AvgIpc) is 2.40. The van der Waals surface area contributed by atoms with Gasteiger partial charge < -0.3 is 10.5 Å². The number of ether oxygens (including phenoxy) is 1. The van der Waals surface area contributed by atoms with Crippen LogP contribution in [-0.2, 0) is 0 Å². The lowest BCUT2D eigenvalue weighted by Gasteiger charge is -2.07. The van der Waals surface area contributed by atoms with Crippen LogP contribution in [0.15, 0.2) is 30.6 Å². The first-order chi connectivity index (χ1) is 8.63. The van der Waals surface area contributed by atoms with Crippen molar-refractivity contribution in [3.8, 4) is 5.88 Å². The number of benzene rings is 1. The van der Waals surface area contributed by atoms with E-state index in [4.69, 9.17) is 10.5 Å². The van der Waals surface area contributed by atoms with Gasteiger partial charge in [-0.05, 0) is 18.2 Å². The second kappa shape index (κ2) is 4.79. The summed E-state index contributed by atoms with van der Waals surface area (Å²) in [5, 5.41) is 0. The van der Waals surface area contributed by atoms with Crippen molar-refractivity contribution in [3.63, 3.8) is 0 Å². The van der Waals surface area contributed by atoms with Gasteiger partial charge in [-0.15, -0.1) is 0 Å². The average molecular weight is 247 g/mol. The van der Waals surface area contributed by atoms with Gasteiger partial charge >= 0.3 is 0 Å². The minimum absolute atomic E-state index is 0.00250. The number of aromatic nitrogens is 2. The van der Waals surface area contributed by atoms with Crippen LogP contribution in [0.25, 0.3) is 0 Å². The molecule has 1 aromatic carbocycles. The van der Waals surface area contributed by atoms with Crippen molar-refractivity contribution in [2.24, 2.45) is 0 Å². The SMILES string of the molecule is COc1nccnc1C(=O)c1cc(F)ccc1N. The number of carbonyl (C=O) groups is 1. The Balaban J connectivity index is 2.51. The molecule has 18 heavy (non-hydrogen) atoms. The largest absolute Gasteiger partial charge is 0.479 e. The predicted molar refractivity (Wildman–Crippen MR) is 62.8 cm³/mol. The number of nitrogens with zero attached hydrogens (tertiary/aromatic N) is 2. The van der Waals surface area contributed by atoms with Crippen LogP contribution in [0, 0.1) is 5.82 Å². The van der Waals surface area contributed by atoms with E-state index < -0.39 is 11.6 Å². The number of hydrogen-bond acceptors (Lipinski definition) is 5. The molecule has 0 unspecified atom stereocenters. The summed E-state index contributed by atoms with van der Waals surface area (Å²) < 4.78 is 18.1. The standard InChI is InChI=1S/C12H10FN3O2/c1-18-12-10(15-4-5-16-12)11(17)8-6-7(13)2-3-9(8)14/h2-6H,14H2,1H3. The molecule has 0 radical (unpaired) electrons. The molecule has 0 amide bonds. The van der Waals surface area contributed by atoms with E-state index in [0.717, 1.165) is 6.07 Å². The molecule has 2 aromatic rings. The van der Waals surface area contributed by atoms with Gasteiger partial charge in [0.15, 0.2) is 5.69 Å². The van der Waals surface area contributed by atoms with Crippen molar-refractivity contribution in [2.75, 3.05) is 12.8 Å². The number of nitrogen functional groups attached to an aromatic ring is 1. The predicted octanol–water partition coefficient (Wildman–Crippen LogP) is 1.44. The lowest BCUT2D eigenvalue weighted by Crippen LogP contribution is -2.10. The van der Waals surface area contributed by atoms with Gasteiger partial charge in [0, 0.05) is 18.1 Å². The van der Waals surface area contributed by atoms with Gasteiger partial charge in [-0.3, -0.25) is 4.79 Å². The van der Waals surface area contributed by atoms with Gasteiger partial charge in [0.1, 0.15) is 5.82 Å². The van der Waals surface area contributed by atoms with E-state index in [0.29, 0.717) is 0 Å². The van der Waals surface area contributed by atoms with Crippen LogP contribution in [-0.4, -0.2) is 22.9 Å². The van der Waals surface area contributed by atoms with Crippen LogP contribution in [0.3, 0.4) is 0 Å². The number of ketones is 1. The third kappa shape index (κ3) is 2.13. The van der Waals surface area contributed by atoms with Gasteiger partial charge in [-0.25, -0.2) is 14.4 Å². The van der Waals surface area contributed by atoms with E-state index in [1.54, 1.807) is 0 Å². The summed E-state index contributed by atoms with van der Waals surface area (Å²) in [4.78, 5) is 19.9. The molecule has 0 saturated heterocycles. The normalized spacial score (nSPS) is 10.1. The number of hydrogen-bond donors (Lipinski definition) is 1. The molecular weight excluding hydrogens is 237 g/mol. The highest BCUT2D eigenvalue weighted by atomic mass is 19.1. The van der Waals surface area contributed by atoms with E-state index in [9.17, 15) is 9.18 Å². The Morgan fingerprint density at radius 2 is 2.06 bits per heavy atom. The summed E-state index contributed by atoms with van der Waals surface area (Å²) >= 11 is 0. The van der Waals surface area contributed by atoms with Crippen molar-refractivity contribution >= 4 is 11.5 Å². The molecule has 5 nitrogen and oxygen atoms in total. The monoisotopic (exact) mass is 247 g/mol. The van der Waals surface area contributed by atoms with E-state index in [1.807, 2.05) is 0 Å². The molecule has 0 saturated carbocycles. The molecule has 0 aliphatic heterocycles. The quantitative estimate of drug-likeness (QED) is 0.655. The first kappa shape index (κ1) is 12.0. The fraction of sp³-hybridized carbons (Fsp3) is 0.0833. The van der Waals surface area contributed by atoms with Crippen molar-refractivity contribution in [2.45, 2.75) is 0 Å². The number of rotatable bonds is 3. The molecule has 0 fully saturated rings. The van der Waals surface area contributed by atoms with E-state index in [-0.39, 0.29) is 22.8 Å². The molecule has 0 atom stereocenters. The van der Waals surface area contributed by atoms with Gasteiger partial charge in [-0.1, -0.05) is 0 Å². The Morgan fingerprint density at radius 3 is 2.78 bits per heavy atom. The van der Waals surface area contributed by atoms with Crippen LogP contribution >= 0.6 is 0 Å². The summed E-state index contributed by atoms with van der Waals surface area (Å²) in [6, 6.07) is 3.57. The summed E-state index contributed by atoms with van der Waals surface area (Å²) in [6.45, 7) is 0. The molecule has 92 valence electrons. The van der Waals surface area contributed by atoms with Crippen molar-refractivity contribution < 1.29 is 13.9 Å². The van der Waals surface area contributed by atoms with Crippen LogP contribution in [0.1, 0.15) is 16.1 Å². The van der Waals surface area contributed by atoms with E-state index in [1.165, 1.54) is 31.6 Å². The minimum Gasteiger partial charge on any atom is -0.479 e. The Labute approximate surface area is 102 Å². The third-order valence-corrected chi connectivity index (χ3v) is 2.33. The fourth-order valence-corrected chi connectivity index (χ4v) is 1.48. The molecule has 2 N–H and O–H groups in total. The molecular formula is C12H10FN3O2. The van der Waals surface area contributed by atoms with Gasteiger partial charge in [0.05, 0.1) is 12.7 Å². The molecule has 6 heteroatoms. The number of halogens is 1. The zero-order valence-corrected chi connectivity index (χ0v) is 9.55. The molecule has 1 aromatic heterocycles. The van der Waals surface area contributed by atoms with Gasteiger partial charge in [-0.2, -0.15) is 0 Å². The maximum Gasteiger partial charge on any atom is 0.243 e. The minimum atomic E-state index is -0.546. The smallest absolute Gasteiger partial charge is 0.243 e.